The number of benzene rings is 4. The molecule has 37 heavy (non-hydrogen) atoms. The molecule has 0 fully saturated rings. The Kier molecular flexibility index (Phi) is 6.53. The molecule has 1 N–H and O–H groups in total. The van der Waals surface area contributed by atoms with E-state index in [2.05, 4.69) is 5.32 Å². The van der Waals surface area contributed by atoms with Crippen molar-refractivity contribution in [2.75, 3.05) is 6.61 Å². The number of halogens is 3. The van der Waals surface area contributed by atoms with Gasteiger partial charge in [0.25, 0.3) is 0 Å². The molecule has 0 unspecified atom stereocenters. The predicted octanol–water partition coefficient (Wildman–Crippen LogP) is 7.22. The molecule has 0 spiro atoms. The van der Waals surface area contributed by atoms with Crippen LogP contribution in [0.1, 0.15) is 38.5 Å². The molecule has 4 aromatic rings. The standard InChI is InChI=1S/C30H22F3NO3/c31-30(32,33)22-13-12-21(27(15-22)20-7-5-6-19(14-20)17-35)16-34-29(36)37-18-28-25-10-3-1-8-23(25)24-9-2-4-11-26(24)28/h1-15,17,28H,16,18H2,(H,34,36). The molecule has 1 amide bonds. The van der Waals surface area contributed by atoms with Gasteiger partial charge in [-0.15, -0.1) is 0 Å². The maximum Gasteiger partial charge on any atom is 0.416 e. The average Bonchev–Trinajstić information content (AvgIpc) is 3.23. The minimum absolute atomic E-state index is 0.0462. The SMILES string of the molecule is O=Cc1cccc(-c2cc(C(F)(F)F)ccc2CNC(=O)OCC2c3ccccc3-c3ccccc32)c1. The summed E-state index contributed by atoms with van der Waals surface area (Å²) in [5, 5.41) is 2.66. The van der Waals surface area contributed by atoms with Crippen LogP contribution in [-0.4, -0.2) is 19.0 Å². The highest BCUT2D eigenvalue weighted by Gasteiger charge is 2.31. The first kappa shape index (κ1) is 24.3. The number of ether oxygens (including phenoxy) is 1. The maximum atomic E-state index is 13.4. The Morgan fingerprint density at radius 2 is 1.51 bits per heavy atom. The summed E-state index contributed by atoms with van der Waals surface area (Å²) in [6.07, 6.45) is -4.57. The molecule has 0 aliphatic heterocycles. The molecular formula is C30H22F3NO3. The van der Waals surface area contributed by atoms with Crippen molar-refractivity contribution in [3.8, 4) is 22.3 Å². The number of rotatable bonds is 6. The van der Waals surface area contributed by atoms with Crippen LogP contribution in [0.4, 0.5) is 18.0 Å². The van der Waals surface area contributed by atoms with Gasteiger partial charge in [-0.1, -0.05) is 72.8 Å². The summed E-state index contributed by atoms with van der Waals surface area (Å²) in [5.74, 6) is -0.106. The molecule has 4 aromatic carbocycles. The molecule has 0 atom stereocenters. The molecule has 1 aliphatic rings. The number of amides is 1. The minimum Gasteiger partial charge on any atom is -0.449 e. The third kappa shape index (κ3) is 4.98. The van der Waals surface area contributed by atoms with Crippen molar-refractivity contribution >= 4 is 12.4 Å². The second-order valence-corrected chi connectivity index (χ2v) is 8.79. The smallest absolute Gasteiger partial charge is 0.416 e. The summed E-state index contributed by atoms with van der Waals surface area (Å²) in [5.41, 5.74) is 5.09. The van der Waals surface area contributed by atoms with Gasteiger partial charge in [0.15, 0.2) is 0 Å². The Morgan fingerprint density at radius 3 is 2.16 bits per heavy atom. The van der Waals surface area contributed by atoms with E-state index in [1.165, 1.54) is 12.1 Å². The first-order valence-electron chi connectivity index (χ1n) is 11.7. The summed E-state index contributed by atoms with van der Waals surface area (Å²) in [6, 6.07) is 25.6. The second kappa shape index (κ2) is 9.93. The van der Waals surface area contributed by atoms with Crippen LogP contribution in [0, 0.1) is 0 Å². The van der Waals surface area contributed by atoms with Gasteiger partial charge in [0, 0.05) is 18.0 Å². The van der Waals surface area contributed by atoms with E-state index in [1.807, 2.05) is 48.5 Å². The summed E-state index contributed by atoms with van der Waals surface area (Å²) in [6.45, 7) is 0.0799. The van der Waals surface area contributed by atoms with Crippen LogP contribution in [0.15, 0.2) is 91.0 Å². The summed E-state index contributed by atoms with van der Waals surface area (Å²) < 4.78 is 45.7. The van der Waals surface area contributed by atoms with Crippen LogP contribution in [0.2, 0.25) is 0 Å². The molecule has 0 saturated carbocycles. The zero-order valence-electron chi connectivity index (χ0n) is 19.6. The number of carbonyl (C=O) groups excluding carboxylic acids is 2. The van der Waals surface area contributed by atoms with Gasteiger partial charge in [-0.3, -0.25) is 4.79 Å². The molecule has 0 bridgehead atoms. The van der Waals surface area contributed by atoms with E-state index in [-0.39, 0.29) is 24.6 Å². The van der Waals surface area contributed by atoms with Crippen molar-refractivity contribution in [2.45, 2.75) is 18.6 Å². The van der Waals surface area contributed by atoms with Crippen molar-refractivity contribution in [1.82, 2.24) is 5.32 Å². The highest BCUT2D eigenvalue weighted by atomic mass is 19.4. The van der Waals surface area contributed by atoms with E-state index in [0.29, 0.717) is 23.0 Å². The minimum atomic E-state index is -4.53. The molecule has 0 radical (unpaired) electrons. The van der Waals surface area contributed by atoms with Crippen molar-refractivity contribution in [2.24, 2.45) is 0 Å². The van der Waals surface area contributed by atoms with Gasteiger partial charge in [-0.2, -0.15) is 13.2 Å². The van der Waals surface area contributed by atoms with Crippen molar-refractivity contribution in [3.05, 3.63) is 119 Å². The Balaban J connectivity index is 1.32. The van der Waals surface area contributed by atoms with Gasteiger partial charge >= 0.3 is 12.3 Å². The number of hydrogen-bond acceptors (Lipinski definition) is 3. The van der Waals surface area contributed by atoms with Gasteiger partial charge in [-0.25, -0.2) is 4.79 Å². The molecule has 186 valence electrons. The third-order valence-corrected chi connectivity index (χ3v) is 6.54. The summed E-state index contributed by atoms with van der Waals surface area (Å²) in [4.78, 5) is 23.8. The Labute approximate surface area is 211 Å². The van der Waals surface area contributed by atoms with Crippen LogP contribution in [0.3, 0.4) is 0 Å². The Morgan fingerprint density at radius 1 is 0.838 bits per heavy atom. The van der Waals surface area contributed by atoms with Crippen LogP contribution >= 0.6 is 0 Å². The van der Waals surface area contributed by atoms with Crippen LogP contribution in [0.25, 0.3) is 22.3 Å². The van der Waals surface area contributed by atoms with E-state index in [4.69, 9.17) is 4.74 Å². The molecule has 5 rings (SSSR count). The Hall–Kier alpha value is -4.39. The van der Waals surface area contributed by atoms with Crippen molar-refractivity contribution in [1.29, 1.82) is 0 Å². The predicted molar refractivity (Wildman–Crippen MR) is 134 cm³/mol. The van der Waals surface area contributed by atoms with Crippen LogP contribution in [0.5, 0.6) is 0 Å². The second-order valence-electron chi connectivity index (χ2n) is 8.79. The van der Waals surface area contributed by atoms with Gasteiger partial charge < -0.3 is 10.1 Å². The number of aldehydes is 1. The fourth-order valence-corrected chi connectivity index (χ4v) is 4.77. The number of hydrogen-bond donors (Lipinski definition) is 1. The molecule has 4 nitrogen and oxygen atoms in total. The summed E-state index contributed by atoms with van der Waals surface area (Å²) in [7, 11) is 0. The molecule has 1 aliphatic carbocycles. The molecular weight excluding hydrogens is 479 g/mol. The largest absolute Gasteiger partial charge is 0.449 e. The lowest BCUT2D eigenvalue weighted by Gasteiger charge is -2.16. The lowest BCUT2D eigenvalue weighted by molar-refractivity contribution is -0.137. The first-order valence-corrected chi connectivity index (χ1v) is 11.7. The third-order valence-electron chi connectivity index (χ3n) is 6.54. The van der Waals surface area contributed by atoms with Crippen molar-refractivity contribution in [3.63, 3.8) is 0 Å². The molecule has 0 aromatic heterocycles. The van der Waals surface area contributed by atoms with E-state index in [0.717, 1.165) is 34.4 Å². The van der Waals surface area contributed by atoms with Gasteiger partial charge in [0.05, 0.1) is 5.56 Å². The average molecular weight is 502 g/mol. The number of alkyl halides is 3. The zero-order valence-corrected chi connectivity index (χ0v) is 19.6. The van der Waals surface area contributed by atoms with E-state index < -0.39 is 17.8 Å². The summed E-state index contributed by atoms with van der Waals surface area (Å²) >= 11 is 0. The quantitative estimate of drug-likeness (QED) is 0.284. The van der Waals surface area contributed by atoms with Gasteiger partial charge in [0.1, 0.15) is 12.9 Å². The van der Waals surface area contributed by atoms with Crippen LogP contribution in [-0.2, 0) is 17.5 Å². The number of alkyl carbamates (subject to hydrolysis) is 1. The molecule has 7 heteroatoms. The highest BCUT2D eigenvalue weighted by Crippen LogP contribution is 2.44. The highest BCUT2D eigenvalue weighted by molar-refractivity contribution is 5.81. The topological polar surface area (TPSA) is 55.4 Å². The van der Waals surface area contributed by atoms with E-state index in [1.54, 1.807) is 18.2 Å². The lowest BCUT2D eigenvalue weighted by atomic mass is 9.96. The molecule has 0 saturated heterocycles. The van der Waals surface area contributed by atoms with E-state index >= 15 is 0 Å². The maximum absolute atomic E-state index is 13.4. The number of fused-ring (bicyclic) bond motifs is 3. The fraction of sp³-hybridized carbons (Fsp3) is 0.133. The van der Waals surface area contributed by atoms with Gasteiger partial charge in [-0.05, 0) is 57.1 Å². The normalized spacial score (nSPS) is 12.5. The van der Waals surface area contributed by atoms with Gasteiger partial charge in [0.2, 0.25) is 0 Å². The number of carbonyl (C=O) groups is 2. The monoisotopic (exact) mass is 501 g/mol. The Bertz CT molecular complexity index is 1430. The van der Waals surface area contributed by atoms with E-state index in [9.17, 15) is 22.8 Å². The number of nitrogens with one attached hydrogen (secondary N) is 1. The lowest BCUT2D eigenvalue weighted by Crippen LogP contribution is -2.26. The van der Waals surface area contributed by atoms with Crippen molar-refractivity contribution < 1.29 is 27.5 Å². The van der Waals surface area contributed by atoms with Crippen LogP contribution < -0.4 is 5.32 Å². The fourth-order valence-electron chi connectivity index (χ4n) is 4.77. The first-order chi connectivity index (χ1) is 17.8. The zero-order chi connectivity index (χ0) is 26.0. The molecule has 0 heterocycles.